The lowest BCUT2D eigenvalue weighted by molar-refractivity contribution is 0.529. The molecule has 21 heavy (non-hydrogen) atoms. The maximum absolute atomic E-state index is 13.6. The normalized spacial score (nSPS) is 17.0. The first-order valence-corrected chi connectivity index (χ1v) is 7.81. The molecular formula is C19H22FN. The van der Waals surface area contributed by atoms with Crippen molar-refractivity contribution in [1.82, 2.24) is 5.32 Å². The Morgan fingerprint density at radius 1 is 1.14 bits per heavy atom. The van der Waals surface area contributed by atoms with Crippen LogP contribution in [0, 0.1) is 12.7 Å². The SMILES string of the molecule is CCCNC1CCc2cc(-c3cc(C)cc(F)c3)ccc21. The van der Waals surface area contributed by atoms with Crippen molar-refractivity contribution in [3.63, 3.8) is 0 Å². The predicted octanol–water partition coefficient (Wildman–Crippen LogP) is 4.79. The molecule has 1 N–H and O–H groups in total. The van der Waals surface area contributed by atoms with Crippen molar-refractivity contribution in [2.75, 3.05) is 6.54 Å². The van der Waals surface area contributed by atoms with E-state index in [4.69, 9.17) is 0 Å². The van der Waals surface area contributed by atoms with Gasteiger partial charge in [0, 0.05) is 6.04 Å². The average molecular weight is 283 g/mol. The fraction of sp³-hybridized carbons (Fsp3) is 0.368. The van der Waals surface area contributed by atoms with E-state index in [1.807, 2.05) is 13.0 Å². The van der Waals surface area contributed by atoms with E-state index in [1.165, 1.54) is 17.5 Å². The quantitative estimate of drug-likeness (QED) is 0.851. The minimum absolute atomic E-state index is 0.159. The van der Waals surface area contributed by atoms with E-state index in [9.17, 15) is 4.39 Å². The van der Waals surface area contributed by atoms with E-state index in [0.717, 1.165) is 36.1 Å². The van der Waals surface area contributed by atoms with Crippen LogP contribution in [0.3, 0.4) is 0 Å². The molecule has 1 nitrogen and oxygen atoms in total. The summed E-state index contributed by atoms with van der Waals surface area (Å²) in [4.78, 5) is 0. The second-order valence-electron chi connectivity index (χ2n) is 5.98. The van der Waals surface area contributed by atoms with Crippen molar-refractivity contribution in [2.24, 2.45) is 0 Å². The van der Waals surface area contributed by atoms with E-state index >= 15 is 0 Å². The van der Waals surface area contributed by atoms with Crippen LogP contribution in [-0.2, 0) is 6.42 Å². The molecule has 2 aromatic rings. The maximum Gasteiger partial charge on any atom is 0.124 e. The fourth-order valence-corrected chi connectivity index (χ4v) is 3.23. The molecule has 2 heteroatoms. The molecule has 1 unspecified atom stereocenters. The second-order valence-corrected chi connectivity index (χ2v) is 5.98. The molecule has 3 rings (SSSR count). The van der Waals surface area contributed by atoms with Crippen LogP contribution >= 0.6 is 0 Å². The van der Waals surface area contributed by atoms with Gasteiger partial charge in [0.2, 0.25) is 0 Å². The maximum atomic E-state index is 13.6. The number of benzene rings is 2. The van der Waals surface area contributed by atoms with Crippen molar-refractivity contribution in [3.05, 3.63) is 58.9 Å². The molecule has 0 saturated heterocycles. The highest BCUT2D eigenvalue weighted by atomic mass is 19.1. The van der Waals surface area contributed by atoms with Gasteiger partial charge in [0.25, 0.3) is 0 Å². The van der Waals surface area contributed by atoms with Gasteiger partial charge in [0.1, 0.15) is 5.82 Å². The van der Waals surface area contributed by atoms with Gasteiger partial charge in [-0.1, -0.05) is 31.2 Å². The Hall–Kier alpha value is -1.67. The van der Waals surface area contributed by atoms with Crippen molar-refractivity contribution in [3.8, 4) is 11.1 Å². The number of hydrogen-bond donors (Lipinski definition) is 1. The number of hydrogen-bond acceptors (Lipinski definition) is 1. The number of fused-ring (bicyclic) bond motifs is 1. The molecule has 0 spiro atoms. The van der Waals surface area contributed by atoms with Gasteiger partial charge >= 0.3 is 0 Å². The van der Waals surface area contributed by atoms with Crippen LogP contribution in [0.4, 0.5) is 4.39 Å². The number of halogens is 1. The van der Waals surface area contributed by atoms with E-state index in [2.05, 4.69) is 30.4 Å². The van der Waals surface area contributed by atoms with Crippen LogP contribution in [0.2, 0.25) is 0 Å². The minimum atomic E-state index is -0.159. The summed E-state index contributed by atoms with van der Waals surface area (Å²) in [7, 11) is 0. The average Bonchev–Trinajstić information content (AvgIpc) is 2.86. The first-order valence-electron chi connectivity index (χ1n) is 7.81. The van der Waals surface area contributed by atoms with E-state index in [0.29, 0.717) is 6.04 Å². The highest BCUT2D eigenvalue weighted by Crippen LogP contribution is 2.34. The number of rotatable bonds is 4. The summed E-state index contributed by atoms with van der Waals surface area (Å²) in [6.07, 6.45) is 3.44. The highest BCUT2D eigenvalue weighted by Gasteiger charge is 2.21. The molecule has 0 heterocycles. The van der Waals surface area contributed by atoms with Gasteiger partial charge in [-0.05, 0) is 72.7 Å². The lowest BCUT2D eigenvalue weighted by atomic mass is 9.98. The summed E-state index contributed by atoms with van der Waals surface area (Å²) < 4.78 is 13.6. The Morgan fingerprint density at radius 2 is 2.00 bits per heavy atom. The summed E-state index contributed by atoms with van der Waals surface area (Å²) in [6, 6.07) is 12.3. The van der Waals surface area contributed by atoms with Gasteiger partial charge in [-0.3, -0.25) is 0 Å². The van der Waals surface area contributed by atoms with Gasteiger partial charge in [-0.25, -0.2) is 4.39 Å². The Balaban J connectivity index is 1.90. The fourth-order valence-electron chi connectivity index (χ4n) is 3.23. The lowest BCUT2D eigenvalue weighted by Crippen LogP contribution is -2.19. The van der Waals surface area contributed by atoms with Crippen LogP contribution in [0.25, 0.3) is 11.1 Å². The van der Waals surface area contributed by atoms with Crippen LogP contribution in [0.5, 0.6) is 0 Å². The largest absolute Gasteiger partial charge is 0.310 e. The number of aryl methyl sites for hydroxylation is 2. The monoisotopic (exact) mass is 283 g/mol. The second kappa shape index (κ2) is 5.98. The molecule has 1 atom stereocenters. The molecule has 2 aromatic carbocycles. The molecule has 0 aliphatic heterocycles. The Bertz CT molecular complexity index is 628. The Morgan fingerprint density at radius 3 is 2.76 bits per heavy atom. The lowest BCUT2D eigenvalue weighted by Gasteiger charge is -2.14. The predicted molar refractivity (Wildman–Crippen MR) is 85.9 cm³/mol. The summed E-state index contributed by atoms with van der Waals surface area (Å²) >= 11 is 0. The zero-order valence-electron chi connectivity index (χ0n) is 12.7. The molecule has 0 fully saturated rings. The van der Waals surface area contributed by atoms with E-state index in [-0.39, 0.29) is 5.82 Å². The van der Waals surface area contributed by atoms with Gasteiger partial charge in [-0.2, -0.15) is 0 Å². The summed E-state index contributed by atoms with van der Waals surface area (Å²) in [5.41, 5.74) is 5.88. The Kier molecular flexibility index (Phi) is 4.07. The molecule has 0 amide bonds. The van der Waals surface area contributed by atoms with Crippen LogP contribution in [-0.4, -0.2) is 6.54 Å². The highest BCUT2D eigenvalue weighted by molar-refractivity contribution is 5.66. The van der Waals surface area contributed by atoms with Crippen molar-refractivity contribution >= 4 is 0 Å². The molecule has 1 aliphatic carbocycles. The van der Waals surface area contributed by atoms with Crippen LogP contribution in [0.15, 0.2) is 36.4 Å². The molecule has 0 bridgehead atoms. The summed E-state index contributed by atoms with van der Waals surface area (Å²) in [5.74, 6) is -0.159. The van der Waals surface area contributed by atoms with E-state index in [1.54, 1.807) is 12.1 Å². The van der Waals surface area contributed by atoms with Crippen LogP contribution in [0.1, 0.15) is 42.5 Å². The zero-order valence-corrected chi connectivity index (χ0v) is 12.7. The van der Waals surface area contributed by atoms with Gasteiger partial charge in [0.15, 0.2) is 0 Å². The zero-order chi connectivity index (χ0) is 14.8. The van der Waals surface area contributed by atoms with Crippen molar-refractivity contribution in [1.29, 1.82) is 0 Å². The third-order valence-corrected chi connectivity index (χ3v) is 4.24. The summed E-state index contributed by atoms with van der Waals surface area (Å²) in [5, 5.41) is 3.60. The molecule has 110 valence electrons. The molecule has 1 aliphatic rings. The minimum Gasteiger partial charge on any atom is -0.310 e. The van der Waals surface area contributed by atoms with Gasteiger partial charge < -0.3 is 5.32 Å². The van der Waals surface area contributed by atoms with E-state index < -0.39 is 0 Å². The Labute approximate surface area is 126 Å². The van der Waals surface area contributed by atoms with Gasteiger partial charge in [-0.15, -0.1) is 0 Å². The van der Waals surface area contributed by atoms with Crippen molar-refractivity contribution in [2.45, 2.75) is 39.2 Å². The van der Waals surface area contributed by atoms with Gasteiger partial charge in [0.05, 0.1) is 0 Å². The number of nitrogens with one attached hydrogen (secondary N) is 1. The van der Waals surface area contributed by atoms with Crippen LogP contribution < -0.4 is 5.32 Å². The smallest absolute Gasteiger partial charge is 0.124 e. The molecule has 0 radical (unpaired) electrons. The molecular weight excluding hydrogens is 261 g/mol. The molecule has 0 aromatic heterocycles. The standard InChI is InChI=1S/C19H22FN/c1-3-8-21-19-7-5-15-11-14(4-6-18(15)19)16-9-13(2)10-17(20)12-16/h4,6,9-12,19,21H,3,5,7-8H2,1-2H3. The third-order valence-electron chi connectivity index (χ3n) is 4.24. The third kappa shape index (κ3) is 3.01. The summed E-state index contributed by atoms with van der Waals surface area (Å²) in [6.45, 7) is 5.19. The topological polar surface area (TPSA) is 12.0 Å². The first-order chi connectivity index (χ1) is 10.2. The first kappa shape index (κ1) is 14.3. The molecule has 0 saturated carbocycles. The van der Waals surface area contributed by atoms with Crippen molar-refractivity contribution < 1.29 is 4.39 Å².